The summed E-state index contributed by atoms with van der Waals surface area (Å²) in [5, 5.41) is 1.08. The molecule has 0 fully saturated rings. The van der Waals surface area contributed by atoms with Gasteiger partial charge in [0, 0.05) is 33.3 Å². The maximum Gasteiger partial charge on any atom is 0.226 e. The summed E-state index contributed by atoms with van der Waals surface area (Å²) in [6.07, 6.45) is 8.89. The van der Waals surface area contributed by atoms with Crippen molar-refractivity contribution in [2.24, 2.45) is 5.73 Å². The summed E-state index contributed by atoms with van der Waals surface area (Å²) in [7, 11) is 0. The number of halogens is 1. The van der Waals surface area contributed by atoms with Gasteiger partial charge in [0.15, 0.2) is 5.82 Å². The lowest BCUT2D eigenvalue weighted by Crippen LogP contribution is -2.30. The fraction of sp³-hybridized carbons (Fsp3) is 0.292. The lowest BCUT2D eigenvalue weighted by atomic mass is 9.97. The van der Waals surface area contributed by atoms with Crippen molar-refractivity contribution in [1.29, 1.82) is 0 Å². The highest BCUT2D eigenvalue weighted by atomic mass is 79.9. The van der Waals surface area contributed by atoms with Gasteiger partial charge < -0.3 is 10.5 Å². The zero-order valence-electron chi connectivity index (χ0n) is 17.1. The molecule has 0 spiro atoms. The number of nitrogens with zero attached hydrogens (tertiary/aromatic N) is 3. The van der Waals surface area contributed by atoms with Crippen molar-refractivity contribution in [3.63, 3.8) is 0 Å². The third-order valence-corrected chi connectivity index (χ3v) is 7.28. The van der Waals surface area contributed by atoms with Gasteiger partial charge in [0.05, 0.1) is 5.39 Å². The van der Waals surface area contributed by atoms with E-state index in [0.717, 1.165) is 39.5 Å². The Hall–Kier alpha value is -2.35. The van der Waals surface area contributed by atoms with E-state index < -0.39 is 0 Å². The van der Waals surface area contributed by atoms with E-state index in [1.165, 1.54) is 28.8 Å². The first kappa shape index (κ1) is 20.5. The fourth-order valence-corrected chi connectivity index (χ4v) is 5.54. The van der Waals surface area contributed by atoms with Crippen LogP contribution in [0.25, 0.3) is 21.6 Å². The average molecular weight is 495 g/mol. The number of hydrogen-bond acceptors (Lipinski definition) is 6. The normalized spacial score (nSPS) is 14.4. The third-order valence-electron chi connectivity index (χ3n) is 5.57. The first-order valence-corrected chi connectivity index (χ1v) is 12.1. The quantitative estimate of drug-likeness (QED) is 0.391. The van der Waals surface area contributed by atoms with E-state index >= 15 is 0 Å². The Morgan fingerprint density at radius 1 is 1.03 bits per heavy atom. The Kier molecular flexibility index (Phi) is 5.98. The molecular formula is C24H23BrN4OS. The molecule has 5 nitrogen and oxygen atoms in total. The molecule has 0 radical (unpaired) electrons. The molecule has 3 heterocycles. The molecule has 7 heteroatoms. The third kappa shape index (κ3) is 4.49. The van der Waals surface area contributed by atoms with Crippen LogP contribution in [-0.2, 0) is 19.3 Å². The van der Waals surface area contributed by atoms with Crippen LogP contribution in [0.3, 0.4) is 0 Å². The number of hydrogen-bond donors (Lipinski definition) is 1. The fourth-order valence-electron chi connectivity index (χ4n) is 4.03. The van der Waals surface area contributed by atoms with Gasteiger partial charge >= 0.3 is 0 Å². The van der Waals surface area contributed by atoms with Crippen molar-refractivity contribution in [2.75, 3.05) is 6.61 Å². The van der Waals surface area contributed by atoms with Gasteiger partial charge in [-0.3, -0.25) is 4.98 Å². The largest absolute Gasteiger partial charge is 0.475 e. The van der Waals surface area contributed by atoms with Crippen LogP contribution < -0.4 is 10.5 Å². The van der Waals surface area contributed by atoms with Crippen molar-refractivity contribution in [3.05, 3.63) is 69.3 Å². The SMILES string of the molecule is N[C@H](COc1nc(-c2ccncc2)nc2sc3c(c12)CCCC3)Cc1ccc(Br)cc1. The van der Waals surface area contributed by atoms with Crippen molar-refractivity contribution in [1.82, 2.24) is 15.0 Å². The summed E-state index contributed by atoms with van der Waals surface area (Å²) >= 11 is 5.25. The minimum Gasteiger partial charge on any atom is -0.475 e. The van der Waals surface area contributed by atoms with Gasteiger partial charge in [-0.2, -0.15) is 4.98 Å². The molecule has 31 heavy (non-hydrogen) atoms. The van der Waals surface area contributed by atoms with Crippen LogP contribution in [-0.4, -0.2) is 27.6 Å². The molecule has 3 aromatic heterocycles. The van der Waals surface area contributed by atoms with Crippen LogP contribution >= 0.6 is 27.3 Å². The molecule has 1 aliphatic rings. The number of nitrogens with two attached hydrogens (primary N) is 1. The maximum atomic E-state index is 6.41. The van der Waals surface area contributed by atoms with Gasteiger partial charge in [-0.1, -0.05) is 28.1 Å². The maximum absolute atomic E-state index is 6.41. The number of fused-ring (bicyclic) bond motifs is 3. The monoisotopic (exact) mass is 494 g/mol. The summed E-state index contributed by atoms with van der Waals surface area (Å²) < 4.78 is 7.33. The van der Waals surface area contributed by atoms with Gasteiger partial charge in [-0.05, 0) is 67.5 Å². The molecule has 158 valence electrons. The number of pyridine rings is 1. The van der Waals surface area contributed by atoms with E-state index in [9.17, 15) is 0 Å². The number of benzene rings is 1. The number of rotatable bonds is 6. The molecule has 0 bridgehead atoms. The van der Waals surface area contributed by atoms with Crippen molar-refractivity contribution in [2.45, 2.75) is 38.1 Å². The second-order valence-corrected chi connectivity index (χ2v) is 9.88. The highest BCUT2D eigenvalue weighted by Crippen LogP contribution is 2.40. The van der Waals surface area contributed by atoms with E-state index in [0.29, 0.717) is 18.3 Å². The van der Waals surface area contributed by atoms with E-state index in [2.05, 4.69) is 33.0 Å². The van der Waals surface area contributed by atoms with E-state index in [1.807, 2.05) is 24.3 Å². The summed E-state index contributed by atoms with van der Waals surface area (Å²) in [5.74, 6) is 1.33. The second-order valence-electron chi connectivity index (χ2n) is 7.88. The van der Waals surface area contributed by atoms with Crippen molar-refractivity contribution >= 4 is 37.5 Å². The molecule has 5 rings (SSSR count). The standard InChI is InChI=1S/C24H23BrN4OS/c25-17-7-5-15(6-8-17)13-18(26)14-30-23-21-19-3-1-2-4-20(19)31-24(21)29-22(28-23)16-9-11-27-12-10-16/h5-12,18H,1-4,13-14,26H2/t18-/m0/s1. The van der Waals surface area contributed by atoms with Crippen molar-refractivity contribution < 1.29 is 4.74 Å². The second kappa shape index (κ2) is 9.02. The zero-order chi connectivity index (χ0) is 21.2. The van der Waals surface area contributed by atoms with Crippen LogP contribution in [0.5, 0.6) is 5.88 Å². The van der Waals surface area contributed by atoms with E-state index in [-0.39, 0.29) is 6.04 Å². The molecule has 1 aromatic carbocycles. The number of ether oxygens (including phenoxy) is 1. The molecule has 4 aromatic rings. The summed E-state index contributed by atoms with van der Waals surface area (Å²) in [5.41, 5.74) is 9.91. The minimum absolute atomic E-state index is 0.120. The number of thiophene rings is 1. The molecular weight excluding hydrogens is 472 g/mol. The zero-order valence-corrected chi connectivity index (χ0v) is 19.5. The van der Waals surface area contributed by atoms with E-state index in [1.54, 1.807) is 23.7 Å². The lowest BCUT2D eigenvalue weighted by Gasteiger charge is -2.16. The van der Waals surface area contributed by atoms with Gasteiger partial charge in [-0.25, -0.2) is 4.98 Å². The Morgan fingerprint density at radius 3 is 2.61 bits per heavy atom. The molecule has 0 aliphatic heterocycles. The molecule has 0 unspecified atom stereocenters. The predicted octanol–water partition coefficient (Wildman–Crippen LogP) is 5.34. The highest BCUT2D eigenvalue weighted by Gasteiger charge is 2.23. The molecule has 1 atom stereocenters. The highest BCUT2D eigenvalue weighted by molar-refractivity contribution is 9.10. The van der Waals surface area contributed by atoms with Gasteiger partial charge in [0.1, 0.15) is 11.4 Å². The Balaban J connectivity index is 1.45. The molecule has 0 amide bonds. The Bertz CT molecular complexity index is 1190. The van der Waals surface area contributed by atoms with Crippen LogP contribution in [0.1, 0.15) is 28.8 Å². The minimum atomic E-state index is -0.120. The van der Waals surface area contributed by atoms with Crippen LogP contribution in [0.4, 0.5) is 0 Å². The smallest absolute Gasteiger partial charge is 0.226 e. The number of aryl methyl sites for hydroxylation is 2. The Morgan fingerprint density at radius 2 is 1.81 bits per heavy atom. The molecule has 2 N–H and O–H groups in total. The van der Waals surface area contributed by atoms with Crippen LogP contribution in [0.15, 0.2) is 53.3 Å². The molecule has 0 saturated carbocycles. The first-order valence-electron chi connectivity index (χ1n) is 10.5. The molecule has 1 aliphatic carbocycles. The summed E-state index contributed by atoms with van der Waals surface area (Å²) in [4.78, 5) is 16.2. The topological polar surface area (TPSA) is 73.9 Å². The van der Waals surface area contributed by atoms with Crippen LogP contribution in [0.2, 0.25) is 0 Å². The van der Waals surface area contributed by atoms with E-state index in [4.69, 9.17) is 20.4 Å². The predicted molar refractivity (Wildman–Crippen MR) is 129 cm³/mol. The lowest BCUT2D eigenvalue weighted by molar-refractivity contribution is 0.280. The summed E-state index contributed by atoms with van der Waals surface area (Å²) in [6.45, 7) is 0.405. The summed E-state index contributed by atoms with van der Waals surface area (Å²) in [6, 6.07) is 12.0. The number of aromatic nitrogens is 3. The average Bonchev–Trinajstić information content (AvgIpc) is 3.18. The van der Waals surface area contributed by atoms with Gasteiger partial charge in [-0.15, -0.1) is 11.3 Å². The molecule has 0 saturated heterocycles. The van der Waals surface area contributed by atoms with Gasteiger partial charge in [0.2, 0.25) is 5.88 Å². The first-order chi connectivity index (χ1) is 15.2. The van der Waals surface area contributed by atoms with Crippen molar-refractivity contribution in [3.8, 4) is 17.3 Å². The van der Waals surface area contributed by atoms with Crippen LogP contribution in [0, 0.1) is 0 Å². The Labute approximate surface area is 193 Å². The van der Waals surface area contributed by atoms with Gasteiger partial charge in [0.25, 0.3) is 0 Å².